The van der Waals surface area contributed by atoms with E-state index in [1.807, 2.05) is 24.7 Å². The van der Waals surface area contributed by atoms with Gasteiger partial charge in [-0.15, -0.1) is 0 Å². The van der Waals surface area contributed by atoms with Crippen molar-refractivity contribution in [1.29, 1.82) is 0 Å². The highest BCUT2D eigenvalue weighted by Gasteiger charge is 2.28. The van der Waals surface area contributed by atoms with E-state index in [0.29, 0.717) is 18.9 Å². The fourth-order valence-electron chi connectivity index (χ4n) is 6.31. The number of aromatic amines is 1. The molecule has 0 amide bonds. The molecule has 44 heavy (non-hydrogen) atoms. The van der Waals surface area contributed by atoms with E-state index >= 15 is 0 Å². The standard InChI is InChI=1S/C32H33FN10O/c33-24-10-21(11-25(13-24)43-5-7-44-8-6-43)27-17-36-18-28-29(27)39-32(38-28)30-26-12-23(16-37-31(26)41-40-30)22-9-20(14-35-15-22)19-42-3-1-34-2-4-42/h9-18,32,34,38-39H,1-8,19H2,(H,37,40,41). The summed E-state index contributed by atoms with van der Waals surface area (Å²) in [5.41, 5.74) is 8.78. The van der Waals surface area contributed by atoms with Crippen molar-refractivity contribution in [3.63, 3.8) is 0 Å². The maximum Gasteiger partial charge on any atom is 0.181 e. The van der Waals surface area contributed by atoms with Crippen molar-refractivity contribution in [2.75, 3.05) is 68.0 Å². The Morgan fingerprint density at radius 3 is 2.57 bits per heavy atom. The summed E-state index contributed by atoms with van der Waals surface area (Å²) in [5, 5.41) is 19.1. The van der Waals surface area contributed by atoms with E-state index in [0.717, 1.165) is 96.2 Å². The highest BCUT2D eigenvalue weighted by molar-refractivity contribution is 5.92. The summed E-state index contributed by atoms with van der Waals surface area (Å²) in [5.74, 6) is -0.284. The Hall–Kier alpha value is -4.65. The average Bonchev–Trinajstić information content (AvgIpc) is 3.69. The number of halogens is 1. The van der Waals surface area contributed by atoms with Gasteiger partial charge in [-0.1, -0.05) is 0 Å². The van der Waals surface area contributed by atoms with E-state index in [-0.39, 0.29) is 12.0 Å². The normalized spacial score (nSPS) is 18.7. The smallest absolute Gasteiger partial charge is 0.181 e. The first-order valence-electron chi connectivity index (χ1n) is 15.0. The lowest BCUT2D eigenvalue weighted by molar-refractivity contribution is 0.122. The first kappa shape index (κ1) is 26.9. The minimum Gasteiger partial charge on any atom is -0.378 e. The topological polar surface area (TPSA) is 119 Å². The third-order valence-electron chi connectivity index (χ3n) is 8.58. The first-order valence-corrected chi connectivity index (χ1v) is 15.0. The Kier molecular flexibility index (Phi) is 7.01. The second kappa shape index (κ2) is 11.5. The van der Waals surface area contributed by atoms with Crippen LogP contribution in [-0.4, -0.2) is 82.5 Å². The van der Waals surface area contributed by atoms with Crippen molar-refractivity contribution in [3.8, 4) is 22.3 Å². The van der Waals surface area contributed by atoms with Gasteiger partial charge in [0.15, 0.2) is 5.65 Å². The number of rotatable bonds is 6. The van der Waals surface area contributed by atoms with Crippen molar-refractivity contribution < 1.29 is 9.13 Å². The molecule has 5 aromatic rings. The number of nitrogens with zero attached hydrogens (tertiary/aromatic N) is 6. The summed E-state index contributed by atoms with van der Waals surface area (Å²) in [6.07, 6.45) is 8.93. The molecule has 4 aromatic heterocycles. The van der Waals surface area contributed by atoms with Crippen LogP contribution in [0, 0.1) is 5.82 Å². The van der Waals surface area contributed by atoms with Gasteiger partial charge in [-0.2, -0.15) is 5.10 Å². The zero-order valence-electron chi connectivity index (χ0n) is 24.2. The van der Waals surface area contributed by atoms with Crippen LogP contribution in [0.1, 0.15) is 17.4 Å². The monoisotopic (exact) mass is 592 g/mol. The number of piperazine rings is 1. The van der Waals surface area contributed by atoms with Gasteiger partial charge in [-0.05, 0) is 41.5 Å². The molecule has 1 aromatic carbocycles. The highest BCUT2D eigenvalue weighted by Crippen LogP contribution is 2.43. The van der Waals surface area contributed by atoms with E-state index in [1.54, 1.807) is 24.5 Å². The molecule has 0 aliphatic carbocycles. The molecule has 2 saturated heterocycles. The van der Waals surface area contributed by atoms with Crippen molar-refractivity contribution in [1.82, 2.24) is 35.4 Å². The van der Waals surface area contributed by atoms with Crippen LogP contribution in [-0.2, 0) is 11.3 Å². The fourth-order valence-corrected chi connectivity index (χ4v) is 6.31. The zero-order valence-corrected chi connectivity index (χ0v) is 24.2. The molecule has 11 nitrogen and oxygen atoms in total. The molecule has 0 bridgehead atoms. The lowest BCUT2D eigenvalue weighted by Gasteiger charge is -2.29. The summed E-state index contributed by atoms with van der Waals surface area (Å²) in [4.78, 5) is 18.3. The lowest BCUT2D eigenvalue weighted by Crippen LogP contribution is -2.42. The van der Waals surface area contributed by atoms with Crippen LogP contribution in [0.5, 0.6) is 0 Å². The van der Waals surface area contributed by atoms with Gasteiger partial charge in [-0.3, -0.25) is 20.0 Å². The number of pyridine rings is 3. The molecule has 1 atom stereocenters. The summed E-state index contributed by atoms with van der Waals surface area (Å²) in [6.45, 7) is 7.70. The van der Waals surface area contributed by atoms with Gasteiger partial charge in [0, 0.05) is 98.4 Å². The minimum atomic E-state index is -0.306. The van der Waals surface area contributed by atoms with Gasteiger partial charge in [0.2, 0.25) is 0 Å². The van der Waals surface area contributed by atoms with E-state index in [9.17, 15) is 4.39 Å². The molecule has 224 valence electrons. The quantitative estimate of drug-likeness (QED) is 0.230. The predicted octanol–water partition coefficient (Wildman–Crippen LogP) is 4.00. The molecular formula is C32H33FN10O. The van der Waals surface area contributed by atoms with E-state index in [1.165, 1.54) is 5.56 Å². The van der Waals surface area contributed by atoms with Gasteiger partial charge in [0.25, 0.3) is 0 Å². The van der Waals surface area contributed by atoms with Crippen molar-refractivity contribution in [2.24, 2.45) is 0 Å². The first-order chi connectivity index (χ1) is 21.7. The highest BCUT2D eigenvalue weighted by atomic mass is 19.1. The number of aromatic nitrogens is 5. The Labute approximate surface area is 253 Å². The van der Waals surface area contributed by atoms with Crippen molar-refractivity contribution in [3.05, 3.63) is 78.4 Å². The van der Waals surface area contributed by atoms with E-state index in [2.05, 4.69) is 63.0 Å². The average molecular weight is 593 g/mol. The maximum absolute atomic E-state index is 14.9. The van der Waals surface area contributed by atoms with Gasteiger partial charge < -0.3 is 25.6 Å². The van der Waals surface area contributed by atoms with E-state index < -0.39 is 0 Å². The maximum atomic E-state index is 14.9. The lowest BCUT2D eigenvalue weighted by atomic mass is 10.0. The molecule has 4 N–H and O–H groups in total. The largest absolute Gasteiger partial charge is 0.378 e. The van der Waals surface area contributed by atoms with Gasteiger partial charge in [-0.25, -0.2) is 9.37 Å². The second-order valence-electron chi connectivity index (χ2n) is 11.5. The number of ether oxygens (including phenoxy) is 1. The third kappa shape index (κ3) is 5.21. The number of nitrogens with one attached hydrogen (secondary N) is 4. The zero-order chi connectivity index (χ0) is 29.5. The fraction of sp³-hybridized carbons (Fsp3) is 0.312. The number of fused-ring (bicyclic) bond motifs is 2. The molecule has 1 unspecified atom stereocenters. The van der Waals surface area contributed by atoms with Crippen LogP contribution in [0.4, 0.5) is 21.5 Å². The Morgan fingerprint density at radius 1 is 0.841 bits per heavy atom. The van der Waals surface area contributed by atoms with Crippen LogP contribution in [0.3, 0.4) is 0 Å². The molecule has 3 aliphatic heterocycles. The number of H-pyrrole nitrogens is 1. The summed E-state index contributed by atoms with van der Waals surface area (Å²) < 4.78 is 20.4. The number of benzene rings is 1. The van der Waals surface area contributed by atoms with Crippen LogP contribution >= 0.6 is 0 Å². The SMILES string of the molecule is Fc1cc(-c2cncc3c2NC(c2[nH]nc4ncc(-c5cncc(CN6CCNCC6)c5)cc24)N3)cc(N2CCOCC2)c1. The van der Waals surface area contributed by atoms with Crippen LogP contribution < -0.4 is 20.9 Å². The molecule has 0 saturated carbocycles. The number of anilines is 3. The summed E-state index contributed by atoms with van der Waals surface area (Å²) in [6, 6.07) is 9.47. The third-order valence-corrected chi connectivity index (χ3v) is 8.58. The Balaban J connectivity index is 1.08. The molecule has 7 heterocycles. The van der Waals surface area contributed by atoms with Crippen LogP contribution in [0.25, 0.3) is 33.3 Å². The van der Waals surface area contributed by atoms with Gasteiger partial charge >= 0.3 is 0 Å². The molecule has 2 fully saturated rings. The number of hydrogen-bond donors (Lipinski definition) is 4. The number of hydrogen-bond acceptors (Lipinski definition) is 10. The molecule has 8 rings (SSSR count). The van der Waals surface area contributed by atoms with Gasteiger partial charge in [0.1, 0.15) is 12.0 Å². The molecular weight excluding hydrogens is 559 g/mol. The molecule has 0 radical (unpaired) electrons. The predicted molar refractivity (Wildman–Crippen MR) is 168 cm³/mol. The Bertz CT molecular complexity index is 1810. The molecule has 0 spiro atoms. The second-order valence-corrected chi connectivity index (χ2v) is 11.5. The summed E-state index contributed by atoms with van der Waals surface area (Å²) in [7, 11) is 0. The molecule has 12 heteroatoms. The van der Waals surface area contributed by atoms with Crippen molar-refractivity contribution in [2.45, 2.75) is 12.7 Å². The minimum absolute atomic E-state index is 0.284. The van der Waals surface area contributed by atoms with E-state index in [4.69, 9.17) is 4.74 Å². The van der Waals surface area contributed by atoms with Crippen LogP contribution in [0.15, 0.2) is 61.3 Å². The molecule has 3 aliphatic rings. The van der Waals surface area contributed by atoms with Crippen LogP contribution in [0.2, 0.25) is 0 Å². The van der Waals surface area contributed by atoms with Gasteiger partial charge in [0.05, 0.1) is 36.5 Å². The Morgan fingerprint density at radius 2 is 1.68 bits per heavy atom. The summed E-state index contributed by atoms with van der Waals surface area (Å²) >= 11 is 0. The number of morpholine rings is 1. The van der Waals surface area contributed by atoms with Crippen molar-refractivity contribution >= 4 is 28.1 Å².